The molecule has 3 rings (SSSR count). The van der Waals surface area contributed by atoms with Crippen LogP contribution >= 0.6 is 0 Å². The lowest BCUT2D eigenvalue weighted by Gasteiger charge is -2.14. The van der Waals surface area contributed by atoms with Crippen LogP contribution in [0.15, 0.2) is 42.9 Å². The molecule has 0 aliphatic heterocycles. The van der Waals surface area contributed by atoms with E-state index in [1.165, 1.54) is 10.9 Å². The van der Waals surface area contributed by atoms with Gasteiger partial charge in [-0.05, 0) is 31.5 Å². The van der Waals surface area contributed by atoms with Crippen molar-refractivity contribution in [2.75, 3.05) is 0 Å². The maximum atomic E-state index is 12.3. The van der Waals surface area contributed by atoms with Gasteiger partial charge >= 0.3 is 0 Å². The third-order valence-corrected chi connectivity index (χ3v) is 3.93. The van der Waals surface area contributed by atoms with Crippen LogP contribution in [-0.2, 0) is 11.3 Å². The number of hydrogen-bond donors (Lipinski definition) is 2. The number of aromatic nitrogens is 5. The lowest BCUT2D eigenvalue weighted by Crippen LogP contribution is -2.27. The quantitative estimate of drug-likeness (QED) is 0.677. The minimum absolute atomic E-state index is 0.120. The minimum Gasteiger partial charge on any atom is -0.368 e. The fraction of sp³-hybridized carbons (Fsp3) is 0.235. The Hall–Kier alpha value is -3.49. The van der Waals surface area contributed by atoms with E-state index in [4.69, 9.17) is 5.73 Å². The van der Waals surface area contributed by atoms with Crippen LogP contribution in [0.1, 0.15) is 34.8 Å². The van der Waals surface area contributed by atoms with Gasteiger partial charge in [-0.2, -0.15) is 0 Å². The maximum Gasteiger partial charge on any atom is 0.273 e. The molecule has 1 unspecified atom stereocenters. The van der Waals surface area contributed by atoms with Gasteiger partial charge in [-0.3, -0.25) is 9.59 Å². The summed E-state index contributed by atoms with van der Waals surface area (Å²) in [6.07, 6.45) is 5.03. The first kappa shape index (κ1) is 17.3. The Morgan fingerprint density at radius 2 is 2.00 bits per heavy atom. The monoisotopic (exact) mass is 353 g/mol. The molecule has 0 saturated carbocycles. The molecule has 0 fully saturated rings. The topological polar surface area (TPSA) is 121 Å². The van der Waals surface area contributed by atoms with Gasteiger partial charge in [-0.25, -0.2) is 9.67 Å². The van der Waals surface area contributed by atoms with Gasteiger partial charge in [0.05, 0.1) is 12.2 Å². The number of carbonyl (C=O) groups excluding carboxylic acids is 2. The molecule has 0 aliphatic rings. The van der Waals surface area contributed by atoms with Crippen molar-refractivity contribution in [3.05, 3.63) is 59.9 Å². The molecule has 0 aliphatic carbocycles. The number of amides is 2. The molecule has 1 atom stereocenters. The molecule has 9 heteroatoms. The van der Waals surface area contributed by atoms with E-state index in [1.54, 1.807) is 6.20 Å². The lowest BCUT2D eigenvalue weighted by atomic mass is 10.1. The molecular weight excluding hydrogens is 334 g/mol. The van der Waals surface area contributed by atoms with Crippen LogP contribution in [0.4, 0.5) is 0 Å². The highest BCUT2D eigenvalue weighted by atomic mass is 16.2. The number of imidazole rings is 1. The summed E-state index contributed by atoms with van der Waals surface area (Å²) in [4.78, 5) is 27.3. The molecule has 9 nitrogen and oxygen atoms in total. The van der Waals surface area contributed by atoms with Crippen LogP contribution in [0.2, 0.25) is 0 Å². The number of hydrogen-bond acceptors (Lipinski definition) is 5. The van der Waals surface area contributed by atoms with E-state index in [1.807, 2.05) is 48.9 Å². The lowest BCUT2D eigenvalue weighted by molar-refractivity contribution is -0.118. The molecule has 0 saturated heterocycles. The van der Waals surface area contributed by atoms with Crippen molar-refractivity contribution in [3.63, 3.8) is 0 Å². The van der Waals surface area contributed by atoms with Gasteiger partial charge in [-0.15, -0.1) is 5.10 Å². The summed E-state index contributed by atoms with van der Waals surface area (Å²) in [5.41, 5.74) is 7.16. The van der Waals surface area contributed by atoms with E-state index in [9.17, 15) is 9.59 Å². The van der Waals surface area contributed by atoms with Crippen LogP contribution in [0.3, 0.4) is 0 Å². The molecule has 2 heterocycles. The highest BCUT2D eigenvalue weighted by molar-refractivity contribution is 5.92. The van der Waals surface area contributed by atoms with Crippen LogP contribution in [0.25, 0.3) is 5.69 Å². The van der Waals surface area contributed by atoms with Crippen molar-refractivity contribution in [1.82, 2.24) is 29.9 Å². The predicted molar refractivity (Wildman–Crippen MR) is 93.4 cm³/mol. The van der Waals surface area contributed by atoms with Gasteiger partial charge in [-0.1, -0.05) is 17.3 Å². The summed E-state index contributed by atoms with van der Waals surface area (Å²) in [5.74, 6) is -0.0238. The first-order valence-corrected chi connectivity index (χ1v) is 8.03. The second kappa shape index (κ2) is 7.18. The van der Waals surface area contributed by atoms with E-state index in [0.29, 0.717) is 0 Å². The number of nitrogens with zero attached hydrogens (tertiary/aromatic N) is 5. The Morgan fingerprint density at radius 1 is 1.27 bits per heavy atom. The molecule has 1 aromatic carbocycles. The standard InChI is InChI=1S/C17H19N7O2/c1-11(20-17(26)15-9-23(22-21-15)10-16(18)25)13-3-5-14(6-4-13)24-8-7-19-12(24)2/h3-9,11H,10H2,1-2H3,(H2,18,25)(H,20,26). The fourth-order valence-corrected chi connectivity index (χ4v) is 2.57. The summed E-state index contributed by atoms with van der Waals surface area (Å²) in [7, 11) is 0. The Balaban J connectivity index is 1.66. The SMILES string of the molecule is Cc1nccn1-c1ccc(C(C)NC(=O)c2cn(CC(N)=O)nn2)cc1. The summed E-state index contributed by atoms with van der Waals surface area (Å²) >= 11 is 0. The molecule has 26 heavy (non-hydrogen) atoms. The van der Waals surface area contributed by atoms with E-state index >= 15 is 0 Å². The number of nitrogens with one attached hydrogen (secondary N) is 1. The summed E-state index contributed by atoms with van der Waals surface area (Å²) in [5, 5.41) is 10.3. The smallest absolute Gasteiger partial charge is 0.273 e. The van der Waals surface area contributed by atoms with Crippen molar-refractivity contribution in [1.29, 1.82) is 0 Å². The Kier molecular flexibility index (Phi) is 4.78. The minimum atomic E-state index is -0.552. The van der Waals surface area contributed by atoms with Gasteiger partial charge in [0.15, 0.2) is 5.69 Å². The molecule has 134 valence electrons. The van der Waals surface area contributed by atoms with Gasteiger partial charge in [0.1, 0.15) is 12.4 Å². The molecule has 3 N–H and O–H groups in total. The Morgan fingerprint density at radius 3 is 2.62 bits per heavy atom. The van der Waals surface area contributed by atoms with E-state index < -0.39 is 5.91 Å². The van der Waals surface area contributed by atoms with Crippen molar-refractivity contribution < 1.29 is 9.59 Å². The Bertz CT molecular complexity index is 927. The molecule has 2 aromatic heterocycles. The number of carbonyl (C=O) groups is 2. The fourth-order valence-electron chi connectivity index (χ4n) is 2.57. The average Bonchev–Trinajstić information content (AvgIpc) is 3.23. The van der Waals surface area contributed by atoms with Crippen LogP contribution < -0.4 is 11.1 Å². The number of primary amides is 1. The summed E-state index contributed by atoms with van der Waals surface area (Å²) in [6.45, 7) is 3.69. The van der Waals surface area contributed by atoms with Gasteiger partial charge in [0.2, 0.25) is 5.91 Å². The van der Waals surface area contributed by atoms with Crippen molar-refractivity contribution in [3.8, 4) is 5.69 Å². The largest absolute Gasteiger partial charge is 0.368 e. The van der Waals surface area contributed by atoms with Gasteiger partial charge in [0.25, 0.3) is 5.91 Å². The number of rotatable bonds is 6. The molecule has 2 amide bonds. The molecule has 3 aromatic rings. The molecule has 0 radical (unpaired) electrons. The second-order valence-electron chi connectivity index (χ2n) is 5.90. The van der Waals surface area contributed by atoms with Gasteiger partial charge < -0.3 is 15.6 Å². The summed E-state index contributed by atoms with van der Waals surface area (Å²) in [6, 6.07) is 7.61. The highest BCUT2D eigenvalue weighted by Gasteiger charge is 2.15. The zero-order valence-electron chi connectivity index (χ0n) is 14.5. The molecule has 0 bridgehead atoms. The van der Waals surface area contributed by atoms with E-state index in [-0.39, 0.29) is 24.2 Å². The van der Waals surface area contributed by atoms with E-state index in [2.05, 4.69) is 20.6 Å². The normalized spacial score (nSPS) is 11.9. The maximum absolute atomic E-state index is 12.3. The number of aryl methyl sites for hydroxylation is 1. The third-order valence-electron chi connectivity index (χ3n) is 3.93. The van der Waals surface area contributed by atoms with Crippen LogP contribution in [0, 0.1) is 6.92 Å². The van der Waals surface area contributed by atoms with Crippen LogP contribution in [0.5, 0.6) is 0 Å². The van der Waals surface area contributed by atoms with Crippen LogP contribution in [-0.4, -0.2) is 36.4 Å². The Labute approximate surface area is 149 Å². The highest BCUT2D eigenvalue weighted by Crippen LogP contribution is 2.17. The number of benzene rings is 1. The molecule has 0 spiro atoms. The van der Waals surface area contributed by atoms with Crippen molar-refractivity contribution >= 4 is 11.8 Å². The zero-order valence-corrected chi connectivity index (χ0v) is 14.5. The average molecular weight is 353 g/mol. The zero-order chi connectivity index (χ0) is 18.7. The predicted octanol–water partition coefficient (Wildman–Crippen LogP) is 0.749. The number of nitrogens with two attached hydrogens (primary N) is 1. The van der Waals surface area contributed by atoms with Crippen molar-refractivity contribution in [2.45, 2.75) is 26.4 Å². The van der Waals surface area contributed by atoms with Gasteiger partial charge in [0, 0.05) is 18.1 Å². The first-order chi connectivity index (χ1) is 12.4. The van der Waals surface area contributed by atoms with Crippen molar-refractivity contribution in [2.24, 2.45) is 5.73 Å². The molecular formula is C17H19N7O2. The second-order valence-corrected chi connectivity index (χ2v) is 5.90. The van der Waals surface area contributed by atoms with E-state index in [0.717, 1.165) is 17.1 Å². The third kappa shape index (κ3) is 3.77. The summed E-state index contributed by atoms with van der Waals surface area (Å²) < 4.78 is 3.20. The first-order valence-electron chi connectivity index (χ1n) is 8.03.